The van der Waals surface area contributed by atoms with Gasteiger partial charge in [0.15, 0.2) is 0 Å². The molecule has 0 spiro atoms. The van der Waals surface area contributed by atoms with Gasteiger partial charge in [-0.1, -0.05) is 0 Å². The number of nitrogens with one attached hydrogen (secondary N) is 1. The lowest BCUT2D eigenvalue weighted by Crippen LogP contribution is -2.23. The van der Waals surface area contributed by atoms with E-state index < -0.39 is 0 Å². The molecule has 21 heavy (non-hydrogen) atoms. The standard InChI is InChI=1S/C15H21N3O2S/c1-15(2,3)20-13-5-6-16-8-12(13)17-7-11-10-21-14(18-11)9-19-4/h5-6,8,10,17H,7,9H2,1-4H3. The molecule has 0 saturated carbocycles. The monoisotopic (exact) mass is 307 g/mol. The molecule has 0 unspecified atom stereocenters. The number of aromatic nitrogens is 2. The van der Waals surface area contributed by atoms with Crippen LogP contribution in [0.1, 0.15) is 31.5 Å². The second kappa shape index (κ2) is 6.87. The smallest absolute Gasteiger partial charge is 0.146 e. The third-order valence-electron chi connectivity index (χ3n) is 2.52. The molecule has 2 rings (SSSR count). The first-order chi connectivity index (χ1) is 9.98. The first-order valence-corrected chi connectivity index (χ1v) is 7.65. The maximum Gasteiger partial charge on any atom is 0.146 e. The Bertz CT molecular complexity index is 578. The fourth-order valence-corrected chi connectivity index (χ4v) is 2.50. The molecule has 2 heterocycles. The normalized spacial score (nSPS) is 11.4. The van der Waals surface area contributed by atoms with Crippen LogP contribution < -0.4 is 10.1 Å². The SMILES string of the molecule is COCc1nc(CNc2cnccc2OC(C)(C)C)cs1. The first kappa shape index (κ1) is 15.7. The van der Waals surface area contributed by atoms with Gasteiger partial charge >= 0.3 is 0 Å². The minimum absolute atomic E-state index is 0.246. The lowest BCUT2D eigenvalue weighted by Gasteiger charge is -2.23. The third kappa shape index (κ3) is 4.99. The van der Waals surface area contributed by atoms with E-state index in [1.165, 1.54) is 0 Å². The van der Waals surface area contributed by atoms with Crippen molar-refractivity contribution >= 4 is 17.0 Å². The fraction of sp³-hybridized carbons (Fsp3) is 0.467. The van der Waals surface area contributed by atoms with Gasteiger partial charge in [0.2, 0.25) is 0 Å². The topological polar surface area (TPSA) is 56.3 Å². The van der Waals surface area contributed by atoms with Crippen molar-refractivity contribution in [3.05, 3.63) is 34.5 Å². The van der Waals surface area contributed by atoms with E-state index in [4.69, 9.17) is 9.47 Å². The van der Waals surface area contributed by atoms with E-state index in [0.717, 1.165) is 22.1 Å². The minimum atomic E-state index is -0.246. The number of rotatable bonds is 6. The highest BCUT2D eigenvalue weighted by molar-refractivity contribution is 7.09. The van der Waals surface area contributed by atoms with Crippen molar-refractivity contribution in [2.75, 3.05) is 12.4 Å². The maximum atomic E-state index is 5.92. The number of hydrogen-bond donors (Lipinski definition) is 1. The average Bonchev–Trinajstić information content (AvgIpc) is 2.84. The van der Waals surface area contributed by atoms with Crippen molar-refractivity contribution in [2.45, 2.75) is 39.5 Å². The summed E-state index contributed by atoms with van der Waals surface area (Å²) in [6.45, 7) is 7.25. The van der Waals surface area contributed by atoms with E-state index in [2.05, 4.69) is 15.3 Å². The quantitative estimate of drug-likeness (QED) is 0.885. The van der Waals surface area contributed by atoms with Gasteiger partial charge in [0.1, 0.15) is 16.4 Å². The number of anilines is 1. The van der Waals surface area contributed by atoms with Gasteiger partial charge in [0.25, 0.3) is 0 Å². The van der Waals surface area contributed by atoms with E-state index in [0.29, 0.717) is 13.2 Å². The number of ether oxygens (including phenoxy) is 2. The molecule has 1 N–H and O–H groups in total. The molecule has 5 nitrogen and oxygen atoms in total. The van der Waals surface area contributed by atoms with Gasteiger partial charge in [-0.3, -0.25) is 4.98 Å². The number of hydrogen-bond acceptors (Lipinski definition) is 6. The van der Waals surface area contributed by atoms with Gasteiger partial charge in [-0.15, -0.1) is 11.3 Å². The Kier molecular flexibility index (Phi) is 5.14. The van der Waals surface area contributed by atoms with Crippen LogP contribution in [0.25, 0.3) is 0 Å². The van der Waals surface area contributed by atoms with Crippen LogP contribution in [0.3, 0.4) is 0 Å². The molecule has 2 aromatic rings. The van der Waals surface area contributed by atoms with E-state index in [-0.39, 0.29) is 5.60 Å². The van der Waals surface area contributed by atoms with Crippen molar-refractivity contribution in [1.82, 2.24) is 9.97 Å². The van der Waals surface area contributed by atoms with E-state index in [1.54, 1.807) is 30.8 Å². The summed E-state index contributed by atoms with van der Waals surface area (Å²) in [6.07, 6.45) is 3.50. The highest BCUT2D eigenvalue weighted by atomic mass is 32.1. The molecule has 0 radical (unpaired) electrons. The molecule has 114 valence electrons. The lowest BCUT2D eigenvalue weighted by atomic mass is 10.2. The average molecular weight is 307 g/mol. The molecular formula is C15H21N3O2S. The zero-order chi connectivity index (χ0) is 15.3. The molecule has 0 aromatic carbocycles. The van der Waals surface area contributed by atoms with Crippen LogP contribution in [-0.2, 0) is 17.9 Å². The van der Waals surface area contributed by atoms with Crippen LogP contribution in [0.5, 0.6) is 5.75 Å². The highest BCUT2D eigenvalue weighted by Crippen LogP contribution is 2.27. The van der Waals surface area contributed by atoms with Crippen molar-refractivity contribution in [1.29, 1.82) is 0 Å². The molecule has 0 fully saturated rings. The van der Waals surface area contributed by atoms with Crippen LogP contribution >= 0.6 is 11.3 Å². The van der Waals surface area contributed by atoms with Gasteiger partial charge in [0, 0.05) is 24.8 Å². The van der Waals surface area contributed by atoms with Crippen LogP contribution in [0, 0.1) is 0 Å². The number of methoxy groups -OCH3 is 1. The van der Waals surface area contributed by atoms with Crippen molar-refractivity contribution in [2.24, 2.45) is 0 Å². The first-order valence-electron chi connectivity index (χ1n) is 6.77. The molecule has 6 heteroatoms. The van der Waals surface area contributed by atoms with E-state index in [9.17, 15) is 0 Å². The fourth-order valence-electron chi connectivity index (χ4n) is 1.74. The molecular weight excluding hydrogens is 286 g/mol. The zero-order valence-electron chi connectivity index (χ0n) is 12.8. The lowest BCUT2D eigenvalue weighted by molar-refractivity contribution is 0.131. The van der Waals surface area contributed by atoms with Crippen LogP contribution in [0.15, 0.2) is 23.8 Å². The van der Waals surface area contributed by atoms with Gasteiger partial charge < -0.3 is 14.8 Å². The van der Waals surface area contributed by atoms with Crippen LogP contribution in [0.2, 0.25) is 0 Å². The summed E-state index contributed by atoms with van der Waals surface area (Å²) < 4.78 is 11.0. The Morgan fingerprint density at radius 1 is 1.33 bits per heavy atom. The Morgan fingerprint density at radius 2 is 2.14 bits per heavy atom. The van der Waals surface area contributed by atoms with Crippen molar-refractivity contribution in [3.63, 3.8) is 0 Å². The predicted octanol–water partition coefficient (Wildman–Crippen LogP) is 3.47. The summed E-state index contributed by atoms with van der Waals surface area (Å²) in [4.78, 5) is 8.63. The summed E-state index contributed by atoms with van der Waals surface area (Å²) in [7, 11) is 1.67. The van der Waals surface area contributed by atoms with Gasteiger partial charge in [0.05, 0.1) is 30.7 Å². The van der Waals surface area contributed by atoms with Gasteiger partial charge in [-0.2, -0.15) is 0 Å². The van der Waals surface area contributed by atoms with Crippen molar-refractivity contribution in [3.8, 4) is 5.75 Å². The molecule has 2 aromatic heterocycles. The Morgan fingerprint density at radius 3 is 2.86 bits per heavy atom. The summed E-state index contributed by atoms with van der Waals surface area (Å²) in [5, 5.41) is 6.33. The third-order valence-corrected chi connectivity index (χ3v) is 3.40. The maximum absolute atomic E-state index is 5.92. The minimum Gasteiger partial charge on any atom is -0.486 e. The second-order valence-corrected chi connectivity index (χ2v) is 6.55. The van der Waals surface area contributed by atoms with E-state index in [1.807, 2.05) is 32.2 Å². The molecule has 0 atom stereocenters. The Hall–Kier alpha value is -1.66. The molecule has 0 aliphatic carbocycles. The summed E-state index contributed by atoms with van der Waals surface area (Å²) in [5.41, 5.74) is 1.61. The molecule has 0 aliphatic rings. The van der Waals surface area contributed by atoms with Crippen LogP contribution in [-0.4, -0.2) is 22.7 Å². The van der Waals surface area contributed by atoms with Gasteiger partial charge in [-0.05, 0) is 20.8 Å². The largest absolute Gasteiger partial charge is 0.486 e. The highest BCUT2D eigenvalue weighted by Gasteiger charge is 2.14. The second-order valence-electron chi connectivity index (χ2n) is 5.61. The van der Waals surface area contributed by atoms with E-state index >= 15 is 0 Å². The zero-order valence-corrected chi connectivity index (χ0v) is 13.7. The number of thiazole rings is 1. The summed E-state index contributed by atoms with van der Waals surface area (Å²) in [6, 6.07) is 1.87. The number of pyridine rings is 1. The Balaban J connectivity index is 2.02. The molecule has 0 aliphatic heterocycles. The molecule has 0 saturated heterocycles. The predicted molar refractivity (Wildman–Crippen MR) is 84.8 cm³/mol. The Labute approximate surface area is 129 Å². The van der Waals surface area contributed by atoms with Gasteiger partial charge in [-0.25, -0.2) is 4.98 Å². The number of nitrogens with zero attached hydrogens (tertiary/aromatic N) is 2. The molecule has 0 bridgehead atoms. The summed E-state index contributed by atoms with van der Waals surface area (Å²) in [5.74, 6) is 0.796. The van der Waals surface area contributed by atoms with Crippen LogP contribution in [0.4, 0.5) is 5.69 Å². The van der Waals surface area contributed by atoms with Crippen molar-refractivity contribution < 1.29 is 9.47 Å². The summed E-state index contributed by atoms with van der Waals surface area (Å²) >= 11 is 1.60. The molecule has 0 amide bonds.